The Morgan fingerprint density at radius 1 is 1.04 bits per heavy atom. The largest absolute Gasteiger partial charge is 0.339 e. The van der Waals surface area contributed by atoms with Gasteiger partial charge >= 0.3 is 0 Å². The number of aromatic nitrogens is 2. The summed E-state index contributed by atoms with van der Waals surface area (Å²) in [4.78, 5) is 19.4. The van der Waals surface area contributed by atoms with Gasteiger partial charge in [-0.3, -0.25) is 4.79 Å². The van der Waals surface area contributed by atoms with Crippen LogP contribution >= 0.6 is 0 Å². The van der Waals surface area contributed by atoms with Crippen LogP contribution in [0.1, 0.15) is 34.3 Å². The molecule has 1 fully saturated rings. The van der Waals surface area contributed by atoms with Crippen molar-refractivity contribution in [2.45, 2.75) is 33.2 Å². The quantitative estimate of drug-likeness (QED) is 0.664. The van der Waals surface area contributed by atoms with E-state index in [1.165, 1.54) is 0 Å². The van der Waals surface area contributed by atoms with Gasteiger partial charge in [0.1, 0.15) is 5.82 Å². The molecule has 4 rings (SSSR count). The van der Waals surface area contributed by atoms with Crippen LogP contribution in [0.15, 0.2) is 60.9 Å². The van der Waals surface area contributed by atoms with Crippen molar-refractivity contribution in [1.82, 2.24) is 14.5 Å². The van der Waals surface area contributed by atoms with Gasteiger partial charge < -0.3 is 9.47 Å². The van der Waals surface area contributed by atoms with E-state index in [9.17, 15) is 4.79 Å². The molecule has 1 aliphatic rings. The molecule has 1 amide bonds. The number of aryl methyl sites for hydroxylation is 2. The molecule has 1 saturated heterocycles. The Bertz CT molecular complexity index is 933. The normalized spacial score (nSPS) is 15.0. The number of hydrogen-bond donors (Lipinski definition) is 0. The van der Waals surface area contributed by atoms with E-state index in [0.29, 0.717) is 5.92 Å². The average molecular weight is 374 g/mol. The minimum absolute atomic E-state index is 0.165. The molecule has 2 heterocycles. The highest BCUT2D eigenvalue weighted by Gasteiger charge is 2.24. The molecule has 0 radical (unpaired) electrons. The number of carbonyl (C=O) groups excluding carboxylic acids is 1. The maximum absolute atomic E-state index is 12.9. The second kappa shape index (κ2) is 8.01. The van der Waals surface area contributed by atoms with E-state index in [0.717, 1.165) is 60.6 Å². The lowest BCUT2D eigenvalue weighted by atomic mass is 9.95. The summed E-state index contributed by atoms with van der Waals surface area (Å²) in [6.07, 6.45) is 6.00. The molecule has 0 saturated carbocycles. The summed E-state index contributed by atoms with van der Waals surface area (Å²) in [7, 11) is 0. The van der Waals surface area contributed by atoms with E-state index in [-0.39, 0.29) is 5.91 Å². The van der Waals surface area contributed by atoms with Crippen LogP contribution in [0, 0.1) is 19.8 Å². The molecular formula is C24H27N3O. The summed E-state index contributed by atoms with van der Waals surface area (Å²) in [5.74, 6) is 1.76. The molecule has 2 aromatic carbocycles. The summed E-state index contributed by atoms with van der Waals surface area (Å²) in [6.45, 7) is 6.70. The van der Waals surface area contributed by atoms with E-state index in [4.69, 9.17) is 0 Å². The molecule has 3 aromatic rings. The van der Waals surface area contributed by atoms with Gasteiger partial charge in [0.25, 0.3) is 5.91 Å². The van der Waals surface area contributed by atoms with Crippen molar-refractivity contribution >= 4 is 5.91 Å². The zero-order valence-corrected chi connectivity index (χ0v) is 16.6. The third-order valence-corrected chi connectivity index (χ3v) is 5.57. The Labute approximate surface area is 166 Å². The van der Waals surface area contributed by atoms with Crippen molar-refractivity contribution in [3.05, 3.63) is 77.6 Å². The standard InChI is InChI=1S/C24H27N3O/c1-18-14-19(2)16-22(15-18)24(28)26-11-8-20(9-12-26)17-27-13-10-25-23(27)21-6-4-3-5-7-21/h3-7,10,13-16,20H,8-9,11-12,17H2,1-2H3. The third kappa shape index (κ3) is 4.01. The van der Waals surface area contributed by atoms with Crippen molar-refractivity contribution in [3.8, 4) is 11.4 Å². The summed E-state index contributed by atoms with van der Waals surface area (Å²) < 4.78 is 2.25. The molecule has 4 nitrogen and oxygen atoms in total. The van der Waals surface area contributed by atoms with Crippen LogP contribution in [0.5, 0.6) is 0 Å². The Morgan fingerprint density at radius 2 is 1.71 bits per heavy atom. The van der Waals surface area contributed by atoms with E-state index >= 15 is 0 Å². The fourth-order valence-electron chi connectivity index (χ4n) is 4.18. The minimum atomic E-state index is 0.165. The minimum Gasteiger partial charge on any atom is -0.339 e. The number of benzene rings is 2. The Kier molecular flexibility index (Phi) is 5.29. The molecule has 0 aliphatic carbocycles. The highest BCUT2D eigenvalue weighted by molar-refractivity contribution is 5.94. The van der Waals surface area contributed by atoms with Crippen molar-refractivity contribution in [2.75, 3.05) is 13.1 Å². The maximum atomic E-state index is 12.9. The van der Waals surface area contributed by atoms with Crippen molar-refractivity contribution in [2.24, 2.45) is 5.92 Å². The molecule has 0 unspecified atom stereocenters. The Hall–Kier alpha value is -2.88. The number of hydrogen-bond acceptors (Lipinski definition) is 2. The van der Waals surface area contributed by atoms with Crippen molar-refractivity contribution in [3.63, 3.8) is 0 Å². The van der Waals surface area contributed by atoms with Gasteiger partial charge in [-0.15, -0.1) is 0 Å². The summed E-state index contributed by atoms with van der Waals surface area (Å²) in [5, 5.41) is 0. The Balaban J connectivity index is 1.39. The van der Waals surface area contributed by atoms with E-state index in [1.54, 1.807) is 0 Å². The number of carbonyl (C=O) groups is 1. The van der Waals surface area contributed by atoms with Crippen molar-refractivity contribution < 1.29 is 4.79 Å². The molecule has 1 aromatic heterocycles. The first-order chi connectivity index (χ1) is 13.6. The first-order valence-electron chi connectivity index (χ1n) is 10.0. The summed E-state index contributed by atoms with van der Waals surface area (Å²) in [5.41, 5.74) is 4.26. The smallest absolute Gasteiger partial charge is 0.253 e. The lowest BCUT2D eigenvalue weighted by molar-refractivity contribution is 0.0683. The molecule has 144 valence electrons. The molecule has 0 N–H and O–H groups in total. The zero-order valence-electron chi connectivity index (χ0n) is 16.6. The lowest BCUT2D eigenvalue weighted by Crippen LogP contribution is -2.39. The van der Waals surface area contributed by atoms with Crippen LogP contribution in [-0.4, -0.2) is 33.4 Å². The SMILES string of the molecule is Cc1cc(C)cc(C(=O)N2CCC(Cn3ccnc3-c3ccccc3)CC2)c1. The predicted molar refractivity (Wildman–Crippen MR) is 112 cm³/mol. The molecular weight excluding hydrogens is 346 g/mol. The van der Waals surface area contributed by atoms with Gasteiger partial charge in [0.15, 0.2) is 0 Å². The summed E-state index contributed by atoms with van der Waals surface area (Å²) >= 11 is 0. The van der Waals surface area contributed by atoms with Crippen LogP contribution in [0.4, 0.5) is 0 Å². The van der Waals surface area contributed by atoms with Gasteiger partial charge in [0.05, 0.1) is 0 Å². The average Bonchev–Trinajstić information content (AvgIpc) is 3.16. The van der Waals surface area contributed by atoms with Crippen LogP contribution in [0.25, 0.3) is 11.4 Å². The van der Waals surface area contributed by atoms with Crippen LogP contribution < -0.4 is 0 Å². The molecule has 28 heavy (non-hydrogen) atoms. The number of imidazole rings is 1. The van der Waals surface area contributed by atoms with E-state index in [2.05, 4.69) is 33.9 Å². The number of rotatable bonds is 4. The third-order valence-electron chi connectivity index (χ3n) is 5.57. The topological polar surface area (TPSA) is 38.1 Å². The predicted octanol–water partition coefficient (Wildman–Crippen LogP) is 4.72. The highest BCUT2D eigenvalue weighted by atomic mass is 16.2. The first kappa shape index (κ1) is 18.5. The van der Waals surface area contributed by atoms with E-state index < -0.39 is 0 Å². The second-order valence-electron chi connectivity index (χ2n) is 7.88. The molecule has 0 spiro atoms. The fourth-order valence-corrected chi connectivity index (χ4v) is 4.18. The van der Waals surface area contributed by atoms with Gasteiger partial charge in [-0.2, -0.15) is 0 Å². The van der Waals surface area contributed by atoms with Gasteiger partial charge in [-0.05, 0) is 44.7 Å². The molecule has 4 heteroatoms. The Morgan fingerprint density at radius 3 is 2.39 bits per heavy atom. The van der Waals surface area contributed by atoms with Crippen LogP contribution in [-0.2, 0) is 6.54 Å². The van der Waals surface area contributed by atoms with Gasteiger partial charge in [-0.25, -0.2) is 4.98 Å². The molecule has 0 atom stereocenters. The lowest BCUT2D eigenvalue weighted by Gasteiger charge is -2.32. The van der Waals surface area contributed by atoms with Gasteiger partial charge in [0, 0.05) is 43.2 Å². The van der Waals surface area contributed by atoms with Gasteiger partial charge in [-0.1, -0.05) is 47.5 Å². The summed E-state index contributed by atoms with van der Waals surface area (Å²) in [6, 6.07) is 16.4. The molecule has 0 bridgehead atoms. The number of amides is 1. The van der Waals surface area contributed by atoms with Gasteiger partial charge in [0.2, 0.25) is 0 Å². The number of piperidine rings is 1. The number of nitrogens with zero attached hydrogens (tertiary/aromatic N) is 3. The second-order valence-corrected chi connectivity index (χ2v) is 7.88. The zero-order chi connectivity index (χ0) is 19.5. The first-order valence-corrected chi connectivity index (χ1v) is 10.0. The van der Waals surface area contributed by atoms with E-state index in [1.807, 2.05) is 55.3 Å². The fraction of sp³-hybridized carbons (Fsp3) is 0.333. The highest BCUT2D eigenvalue weighted by Crippen LogP contribution is 2.24. The van der Waals surface area contributed by atoms with Crippen LogP contribution in [0.2, 0.25) is 0 Å². The van der Waals surface area contributed by atoms with Crippen LogP contribution in [0.3, 0.4) is 0 Å². The molecule has 1 aliphatic heterocycles. The number of likely N-dealkylation sites (tertiary alicyclic amines) is 1. The monoisotopic (exact) mass is 373 g/mol. The van der Waals surface area contributed by atoms with Crippen molar-refractivity contribution in [1.29, 1.82) is 0 Å². The maximum Gasteiger partial charge on any atom is 0.253 e.